The zero-order valence-electron chi connectivity index (χ0n) is 10.7. The second kappa shape index (κ2) is 4.21. The largest absolute Gasteiger partial charge is 0.228 e. The summed E-state index contributed by atoms with van der Waals surface area (Å²) in [7, 11) is -3.08. The Morgan fingerprint density at radius 1 is 1.06 bits per heavy atom. The molecule has 0 heterocycles. The summed E-state index contributed by atoms with van der Waals surface area (Å²) in [5.74, 6) is 0.123. The van der Waals surface area contributed by atoms with Gasteiger partial charge in [-0.15, -0.1) is 0 Å². The van der Waals surface area contributed by atoms with E-state index in [4.69, 9.17) is 0 Å². The maximum Gasteiger partial charge on any atom is 0.159 e. The predicted molar refractivity (Wildman–Crippen MR) is 68.3 cm³/mol. The summed E-state index contributed by atoms with van der Waals surface area (Å²) in [5, 5.41) is 0. The summed E-state index contributed by atoms with van der Waals surface area (Å²) in [6.07, 6.45) is 0. The molecule has 0 aliphatic rings. The molecule has 0 aromatic heterocycles. The summed E-state index contributed by atoms with van der Waals surface area (Å²) >= 11 is 0. The first-order valence-electron chi connectivity index (χ1n) is 5.42. The molecule has 0 amide bonds. The molecular formula is C13H20O2S. The van der Waals surface area contributed by atoms with Gasteiger partial charge in [-0.05, 0) is 51.3 Å². The van der Waals surface area contributed by atoms with Crippen LogP contribution in [-0.4, -0.2) is 13.2 Å². The molecular weight excluding hydrogens is 220 g/mol. The quantitative estimate of drug-likeness (QED) is 0.796. The van der Waals surface area contributed by atoms with Crippen LogP contribution in [0.15, 0.2) is 18.2 Å². The van der Waals surface area contributed by atoms with Crippen molar-refractivity contribution in [1.82, 2.24) is 0 Å². The lowest BCUT2D eigenvalue weighted by Crippen LogP contribution is -2.29. The number of rotatable bonds is 2. The Balaban J connectivity index is 3.03. The van der Waals surface area contributed by atoms with Crippen molar-refractivity contribution >= 4 is 9.84 Å². The maximum atomic E-state index is 12.0. The molecule has 0 bridgehead atoms. The molecule has 1 aromatic rings. The Kier molecular flexibility index (Phi) is 3.48. The van der Waals surface area contributed by atoms with Gasteiger partial charge in [-0.1, -0.05) is 18.2 Å². The molecule has 0 radical (unpaired) electrons. The summed E-state index contributed by atoms with van der Waals surface area (Å²) in [6.45, 7) is 9.25. The first kappa shape index (κ1) is 13.2. The van der Waals surface area contributed by atoms with Gasteiger partial charge in [0.15, 0.2) is 9.84 Å². The SMILES string of the molecule is Cc1ccc(CS(=O)(=O)C(C)(C)C)cc1C. The van der Waals surface area contributed by atoms with E-state index in [1.165, 1.54) is 5.56 Å². The van der Waals surface area contributed by atoms with Crippen molar-refractivity contribution < 1.29 is 8.42 Å². The van der Waals surface area contributed by atoms with Crippen LogP contribution in [0, 0.1) is 13.8 Å². The first-order chi connectivity index (χ1) is 7.13. The zero-order chi connectivity index (χ0) is 12.6. The lowest BCUT2D eigenvalue weighted by Gasteiger charge is -2.19. The molecule has 0 saturated carbocycles. The van der Waals surface area contributed by atoms with Gasteiger partial charge in [0.1, 0.15) is 0 Å². The minimum atomic E-state index is -3.08. The Hall–Kier alpha value is -0.830. The van der Waals surface area contributed by atoms with E-state index in [9.17, 15) is 8.42 Å². The van der Waals surface area contributed by atoms with E-state index in [0.29, 0.717) is 0 Å². The van der Waals surface area contributed by atoms with Crippen LogP contribution in [0.2, 0.25) is 0 Å². The van der Waals surface area contributed by atoms with Crippen molar-refractivity contribution in [2.45, 2.75) is 45.1 Å². The van der Waals surface area contributed by atoms with Crippen LogP contribution in [0.4, 0.5) is 0 Å². The van der Waals surface area contributed by atoms with E-state index in [-0.39, 0.29) is 5.75 Å². The Bertz CT molecular complexity index is 479. The normalized spacial score (nSPS) is 12.8. The highest BCUT2D eigenvalue weighted by Gasteiger charge is 2.28. The van der Waals surface area contributed by atoms with Crippen LogP contribution in [0.3, 0.4) is 0 Å². The molecule has 0 spiro atoms. The van der Waals surface area contributed by atoms with E-state index in [1.54, 1.807) is 20.8 Å². The number of hydrogen-bond acceptors (Lipinski definition) is 2. The number of benzene rings is 1. The van der Waals surface area contributed by atoms with E-state index in [0.717, 1.165) is 11.1 Å². The molecule has 0 aliphatic carbocycles. The summed E-state index contributed by atoms with van der Waals surface area (Å²) in [4.78, 5) is 0. The lowest BCUT2D eigenvalue weighted by atomic mass is 10.1. The smallest absolute Gasteiger partial charge is 0.159 e. The van der Waals surface area contributed by atoms with Gasteiger partial charge in [0.05, 0.1) is 10.5 Å². The van der Waals surface area contributed by atoms with E-state index >= 15 is 0 Å². The Morgan fingerprint density at radius 3 is 2.06 bits per heavy atom. The Morgan fingerprint density at radius 2 is 1.62 bits per heavy atom. The number of sulfone groups is 1. The highest BCUT2D eigenvalue weighted by atomic mass is 32.2. The third kappa shape index (κ3) is 2.85. The van der Waals surface area contributed by atoms with Crippen molar-refractivity contribution in [1.29, 1.82) is 0 Å². The second-order valence-corrected chi connectivity index (χ2v) is 8.03. The molecule has 0 atom stereocenters. The van der Waals surface area contributed by atoms with Crippen LogP contribution in [0.25, 0.3) is 0 Å². The third-order valence-electron chi connectivity index (χ3n) is 2.86. The average Bonchev–Trinajstić information content (AvgIpc) is 2.09. The van der Waals surface area contributed by atoms with Gasteiger partial charge in [-0.25, -0.2) is 8.42 Å². The number of hydrogen-bond donors (Lipinski definition) is 0. The van der Waals surface area contributed by atoms with Crippen LogP contribution in [0.1, 0.15) is 37.5 Å². The van der Waals surface area contributed by atoms with Crippen molar-refractivity contribution in [3.63, 3.8) is 0 Å². The molecule has 3 heteroatoms. The minimum absolute atomic E-state index is 0.123. The topological polar surface area (TPSA) is 34.1 Å². The fourth-order valence-electron chi connectivity index (χ4n) is 1.33. The second-order valence-electron chi connectivity index (χ2n) is 5.29. The summed E-state index contributed by atoms with van der Waals surface area (Å²) in [6, 6.07) is 5.83. The van der Waals surface area contributed by atoms with Gasteiger partial charge in [-0.3, -0.25) is 0 Å². The predicted octanol–water partition coefficient (Wildman–Crippen LogP) is 3.02. The highest BCUT2D eigenvalue weighted by molar-refractivity contribution is 7.91. The van der Waals surface area contributed by atoms with Crippen LogP contribution in [0.5, 0.6) is 0 Å². The molecule has 0 saturated heterocycles. The van der Waals surface area contributed by atoms with Crippen molar-refractivity contribution in [2.24, 2.45) is 0 Å². The van der Waals surface area contributed by atoms with Gasteiger partial charge in [-0.2, -0.15) is 0 Å². The zero-order valence-corrected chi connectivity index (χ0v) is 11.5. The van der Waals surface area contributed by atoms with Gasteiger partial charge in [0.25, 0.3) is 0 Å². The van der Waals surface area contributed by atoms with Crippen LogP contribution < -0.4 is 0 Å². The van der Waals surface area contributed by atoms with Gasteiger partial charge >= 0.3 is 0 Å². The Labute approximate surface area is 98.6 Å². The monoisotopic (exact) mass is 240 g/mol. The molecule has 0 N–H and O–H groups in total. The van der Waals surface area contributed by atoms with E-state index < -0.39 is 14.6 Å². The van der Waals surface area contributed by atoms with Gasteiger partial charge < -0.3 is 0 Å². The molecule has 2 nitrogen and oxygen atoms in total. The molecule has 0 aliphatic heterocycles. The van der Waals surface area contributed by atoms with Gasteiger partial charge in [0, 0.05) is 0 Å². The molecule has 0 unspecified atom stereocenters. The fourth-order valence-corrected chi connectivity index (χ4v) is 2.38. The summed E-state index contributed by atoms with van der Waals surface area (Å²) < 4.78 is 23.3. The first-order valence-corrected chi connectivity index (χ1v) is 7.07. The molecule has 90 valence electrons. The lowest BCUT2D eigenvalue weighted by molar-refractivity contribution is 0.559. The van der Waals surface area contributed by atoms with E-state index in [2.05, 4.69) is 0 Å². The van der Waals surface area contributed by atoms with Crippen LogP contribution >= 0.6 is 0 Å². The highest BCUT2D eigenvalue weighted by Crippen LogP contribution is 2.21. The van der Waals surface area contributed by atoms with Crippen LogP contribution in [-0.2, 0) is 15.6 Å². The van der Waals surface area contributed by atoms with Crippen molar-refractivity contribution in [3.05, 3.63) is 34.9 Å². The average molecular weight is 240 g/mol. The molecule has 1 aromatic carbocycles. The number of aryl methyl sites for hydroxylation is 2. The third-order valence-corrected chi connectivity index (χ3v) is 5.44. The molecule has 1 rings (SSSR count). The fraction of sp³-hybridized carbons (Fsp3) is 0.538. The standard InChI is InChI=1S/C13H20O2S/c1-10-6-7-12(8-11(10)2)9-16(14,15)13(3,4)5/h6-8H,9H2,1-5H3. The summed E-state index contributed by atoms with van der Waals surface area (Å²) in [5.41, 5.74) is 3.21. The maximum absolute atomic E-state index is 12.0. The van der Waals surface area contributed by atoms with Crippen molar-refractivity contribution in [3.8, 4) is 0 Å². The van der Waals surface area contributed by atoms with Crippen molar-refractivity contribution in [2.75, 3.05) is 0 Å². The minimum Gasteiger partial charge on any atom is -0.228 e. The van der Waals surface area contributed by atoms with Gasteiger partial charge in [0.2, 0.25) is 0 Å². The molecule has 0 fully saturated rings. The molecule has 16 heavy (non-hydrogen) atoms. The van der Waals surface area contributed by atoms with E-state index in [1.807, 2.05) is 32.0 Å².